The fourth-order valence-electron chi connectivity index (χ4n) is 2.69. The summed E-state index contributed by atoms with van der Waals surface area (Å²) < 4.78 is 17.3. The molecule has 0 radical (unpaired) electrons. The summed E-state index contributed by atoms with van der Waals surface area (Å²) in [5.41, 5.74) is -0.667. The van der Waals surface area contributed by atoms with Crippen LogP contribution in [0.4, 0.5) is 0 Å². The maximum absolute atomic E-state index is 6.14. The van der Waals surface area contributed by atoms with Crippen molar-refractivity contribution in [3.63, 3.8) is 0 Å². The maximum Gasteiger partial charge on any atom is 0.112 e. The highest BCUT2D eigenvalue weighted by molar-refractivity contribution is 5.14. The molecule has 0 aromatic heterocycles. The van der Waals surface area contributed by atoms with Crippen molar-refractivity contribution >= 4 is 0 Å². The predicted octanol–water partition coefficient (Wildman–Crippen LogP) is 2.80. The van der Waals surface area contributed by atoms with E-state index in [1.54, 1.807) is 0 Å². The van der Waals surface area contributed by atoms with Gasteiger partial charge in [-0.25, -0.2) is 0 Å². The van der Waals surface area contributed by atoms with Crippen molar-refractivity contribution in [1.29, 1.82) is 0 Å². The summed E-state index contributed by atoms with van der Waals surface area (Å²) in [7, 11) is 0. The first-order chi connectivity index (χ1) is 8.02. The molecule has 0 bridgehead atoms. The van der Waals surface area contributed by atoms with Gasteiger partial charge in [-0.05, 0) is 19.8 Å². The molecule has 1 rings (SSSR count). The summed E-state index contributed by atoms with van der Waals surface area (Å²) in [5.74, 6) is 0.384. The Bertz CT molecular complexity index is 252. The minimum atomic E-state index is -0.395. The SMILES string of the molecule is C=CC1(C)OCCC1(OCCOCC)C(C)C. The van der Waals surface area contributed by atoms with E-state index in [9.17, 15) is 0 Å². The third-order valence-corrected chi connectivity index (χ3v) is 3.83. The van der Waals surface area contributed by atoms with Gasteiger partial charge in [-0.2, -0.15) is 0 Å². The molecule has 0 N–H and O–H groups in total. The van der Waals surface area contributed by atoms with Crippen LogP contribution < -0.4 is 0 Å². The molecule has 1 fully saturated rings. The zero-order chi connectivity index (χ0) is 12.9. The minimum Gasteiger partial charge on any atom is -0.379 e. The highest BCUT2D eigenvalue weighted by atomic mass is 16.6. The minimum absolute atomic E-state index is 0.272. The van der Waals surface area contributed by atoms with Crippen LogP contribution in [0.15, 0.2) is 12.7 Å². The predicted molar refractivity (Wildman–Crippen MR) is 69.2 cm³/mol. The van der Waals surface area contributed by atoms with Crippen molar-refractivity contribution in [2.75, 3.05) is 26.4 Å². The van der Waals surface area contributed by atoms with Crippen LogP contribution in [0.25, 0.3) is 0 Å². The third kappa shape index (κ3) is 2.72. The lowest BCUT2D eigenvalue weighted by atomic mass is 9.75. The molecule has 2 unspecified atom stereocenters. The Morgan fingerprint density at radius 1 is 1.41 bits per heavy atom. The average Bonchev–Trinajstić information content (AvgIpc) is 2.64. The van der Waals surface area contributed by atoms with Gasteiger partial charge in [0.25, 0.3) is 0 Å². The van der Waals surface area contributed by atoms with Crippen molar-refractivity contribution in [3.8, 4) is 0 Å². The molecule has 1 aliphatic heterocycles. The van der Waals surface area contributed by atoms with Crippen LogP contribution in [-0.2, 0) is 14.2 Å². The lowest BCUT2D eigenvalue weighted by Gasteiger charge is -2.43. The molecule has 0 saturated carbocycles. The molecule has 0 amide bonds. The van der Waals surface area contributed by atoms with E-state index in [2.05, 4.69) is 27.4 Å². The summed E-state index contributed by atoms with van der Waals surface area (Å²) in [6, 6.07) is 0. The number of ether oxygens (including phenoxy) is 3. The number of hydrogen-bond donors (Lipinski definition) is 0. The van der Waals surface area contributed by atoms with E-state index in [1.807, 2.05) is 13.0 Å². The Hall–Kier alpha value is -0.380. The van der Waals surface area contributed by atoms with E-state index < -0.39 is 5.60 Å². The summed E-state index contributed by atoms with van der Waals surface area (Å²) in [4.78, 5) is 0. The van der Waals surface area contributed by atoms with Gasteiger partial charge >= 0.3 is 0 Å². The average molecular weight is 242 g/mol. The Kier molecular flexibility index (Phi) is 5.17. The number of hydrogen-bond acceptors (Lipinski definition) is 3. The van der Waals surface area contributed by atoms with Crippen molar-refractivity contribution in [1.82, 2.24) is 0 Å². The molecule has 17 heavy (non-hydrogen) atoms. The first-order valence-corrected chi connectivity index (χ1v) is 6.51. The van der Waals surface area contributed by atoms with Gasteiger partial charge in [-0.3, -0.25) is 0 Å². The molecule has 3 heteroatoms. The second kappa shape index (κ2) is 5.98. The van der Waals surface area contributed by atoms with Gasteiger partial charge in [0.05, 0.1) is 19.8 Å². The molecule has 3 nitrogen and oxygen atoms in total. The zero-order valence-corrected chi connectivity index (χ0v) is 11.6. The maximum atomic E-state index is 6.14. The Morgan fingerprint density at radius 2 is 2.12 bits per heavy atom. The van der Waals surface area contributed by atoms with E-state index in [0.29, 0.717) is 19.1 Å². The first-order valence-electron chi connectivity index (χ1n) is 6.51. The van der Waals surface area contributed by atoms with Crippen LogP contribution in [0.3, 0.4) is 0 Å². The highest BCUT2D eigenvalue weighted by Gasteiger charge is 2.54. The fourth-order valence-corrected chi connectivity index (χ4v) is 2.69. The number of rotatable bonds is 7. The van der Waals surface area contributed by atoms with Crippen molar-refractivity contribution in [2.24, 2.45) is 5.92 Å². The topological polar surface area (TPSA) is 27.7 Å². The lowest BCUT2D eigenvalue weighted by Crippen LogP contribution is -2.53. The Balaban J connectivity index is 2.72. The van der Waals surface area contributed by atoms with Gasteiger partial charge < -0.3 is 14.2 Å². The molecule has 0 aromatic carbocycles. The molecule has 1 aliphatic rings. The Morgan fingerprint density at radius 3 is 2.65 bits per heavy atom. The van der Waals surface area contributed by atoms with E-state index in [-0.39, 0.29) is 5.60 Å². The van der Waals surface area contributed by atoms with Gasteiger partial charge in [-0.15, -0.1) is 6.58 Å². The fraction of sp³-hybridized carbons (Fsp3) is 0.857. The van der Waals surface area contributed by atoms with E-state index in [0.717, 1.165) is 19.6 Å². The molecule has 100 valence electrons. The van der Waals surface area contributed by atoms with Crippen LogP contribution in [0, 0.1) is 5.92 Å². The Labute approximate surface area is 105 Å². The van der Waals surface area contributed by atoms with Crippen molar-refractivity contribution in [2.45, 2.75) is 45.3 Å². The van der Waals surface area contributed by atoms with Gasteiger partial charge in [0.2, 0.25) is 0 Å². The molecule has 0 aliphatic carbocycles. The van der Waals surface area contributed by atoms with Crippen LogP contribution in [0.5, 0.6) is 0 Å². The zero-order valence-electron chi connectivity index (χ0n) is 11.6. The van der Waals surface area contributed by atoms with Crippen LogP contribution in [0.2, 0.25) is 0 Å². The summed E-state index contributed by atoms with van der Waals surface area (Å²) >= 11 is 0. The highest BCUT2D eigenvalue weighted by Crippen LogP contribution is 2.44. The van der Waals surface area contributed by atoms with Crippen LogP contribution in [0.1, 0.15) is 34.1 Å². The van der Waals surface area contributed by atoms with Crippen molar-refractivity contribution < 1.29 is 14.2 Å². The monoisotopic (exact) mass is 242 g/mol. The molecular formula is C14H26O3. The summed E-state index contributed by atoms with van der Waals surface area (Å²) in [6.07, 6.45) is 2.79. The largest absolute Gasteiger partial charge is 0.379 e. The van der Waals surface area contributed by atoms with E-state index in [4.69, 9.17) is 14.2 Å². The van der Waals surface area contributed by atoms with Gasteiger partial charge in [-0.1, -0.05) is 19.9 Å². The van der Waals surface area contributed by atoms with Gasteiger partial charge in [0.1, 0.15) is 11.2 Å². The molecule has 0 aromatic rings. The molecule has 1 heterocycles. The molecular weight excluding hydrogens is 216 g/mol. The third-order valence-electron chi connectivity index (χ3n) is 3.83. The van der Waals surface area contributed by atoms with Crippen molar-refractivity contribution in [3.05, 3.63) is 12.7 Å². The lowest BCUT2D eigenvalue weighted by molar-refractivity contribution is -0.154. The molecule has 2 atom stereocenters. The quantitative estimate of drug-likeness (QED) is 0.507. The smallest absolute Gasteiger partial charge is 0.112 e. The van der Waals surface area contributed by atoms with Gasteiger partial charge in [0.15, 0.2) is 0 Å². The molecule has 1 saturated heterocycles. The standard InChI is InChI=1S/C14H26O3/c1-6-13(5)14(12(3)4,8-9-16-13)17-11-10-15-7-2/h6,12H,1,7-11H2,2-5H3. The molecule has 0 spiro atoms. The first kappa shape index (κ1) is 14.7. The normalized spacial score (nSPS) is 33.2. The van der Waals surface area contributed by atoms with Crippen LogP contribution >= 0.6 is 0 Å². The van der Waals surface area contributed by atoms with Gasteiger partial charge in [0, 0.05) is 13.0 Å². The van der Waals surface area contributed by atoms with E-state index >= 15 is 0 Å². The second-order valence-electron chi connectivity index (χ2n) is 5.00. The summed E-state index contributed by atoms with van der Waals surface area (Å²) in [6.45, 7) is 15.0. The summed E-state index contributed by atoms with van der Waals surface area (Å²) in [5, 5.41) is 0. The van der Waals surface area contributed by atoms with Crippen LogP contribution in [-0.4, -0.2) is 37.6 Å². The second-order valence-corrected chi connectivity index (χ2v) is 5.00. The van der Waals surface area contributed by atoms with E-state index in [1.165, 1.54) is 0 Å².